The molecule has 0 spiro atoms. The van der Waals surface area contributed by atoms with Gasteiger partial charge in [0.25, 0.3) is 0 Å². The minimum atomic E-state index is 0.698. The number of anilines is 1. The molecule has 1 saturated heterocycles. The molecule has 0 bridgehead atoms. The maximum Gasteiger partial charge on any atom is 0.207 e. The molecule has 1 fully saturated rings. The fraction of sp³-hybridized carbons (Fsp3) is 0.259. The third-order valence-corrected chi connectivity index (χ3v) is 7.21. The molecule has 2 heterocycles. The predicted molar refractivity (Wildman–Crippen MR) is 143 cm³/mol. The Morgan fingerprint density at radius 1 is 0.943 bits per heavy atom. The van der Waals surface area contributed by atoms with Gasteiger partial charge in [0.15, 0.2) is 12.5 Å². The molecule has 1 aliphatic rings. The Morgan fingerprint density at radius 3 is 2.29 bits per heavy atom. The highest BCUT2D eigenvalue weighted by atomic mass is 35.5. The largest absolute Gasteiger partial charge is 0.495 e. The number of nitrogens with one attached hydrogen (secondary N) is 1. The van der Waals surface area contributed by atoms with Crippen LogP contribution in [0.25, 0.3) is 17.1 Å². The molecule has 1 aliphatic heterocycles. The Balaban J connectivity index is 1.42. The summed E-state index contributed by atoms with van der Waals surface area (Å²) in [6.45, 7) is 6.71. The number of halogens is 1. The van der Waals surface area contributed by atoms with Gasteiger partial charge >= 0.3 is 0 Å². The number of hydrogen-bond donors (Lipinski definition) is 1. The average Bonchev–Trinajstić information content (AvgIpc) is 3.20. The normalized spacial score (nSPS) is 14.3. The fourth-order valence-corrected chi connectivity index (χ4v) is 5.07. The van der Waals surface area contributed by atoms with E-state index in [0.29, 0.717) is 9.79 Å². The van der Waals surface area contributed by atoms with E-state index in [0.717, 1.165) is 66.9 Å². The minimum Gasteiger partial charge on any atom is -0.495 e. The van der Waals surface area contributed by atoms with E-state index in [4.69, 9.17) is 33.7 Å². The summed E-state index contributed by atoms with van der Waals surface area (Å²) in [5, 5.41) is 5.70. The summed E-state index contributed by atoms with van der Waals surface area (Å²) in [5.74, 6) is 1.75. The second kappa shape index (κ2) is 10.2. The number of quaternary nitrogens is 1. The van der Waals surface area contributed by atoms with Crippen molar-refractivity contribution in [1.82, 2.24) is 14.3 Å². The van der Waals surface area contributed by atoms with Crippen LogP contribution in [0.2, 0.25) is 5.02 Å². The lowest BCUT2D eigenvalue weighted by molar-refractivity contribution is -0.924. The monoisotopic (exact) mass is 506 g/mol. The SMILES string of the molecule is COc1ccccc1N1CC[NH+](Cn2nc(-c3ccc(Cl)cc3)n(-c3ccccc3C)c2=S)CC1. The van der Waals surface area contributed by atoms with Crippen molar-refractivity contribution >= 4 is 29.5 Å². The molecule has 0 aliphatic carbocycles. The first-order valence-electron chi connectivity index (χ1n) is 11.8. The van der Waals surface area contributed by atoms with Gasteiger partial charge in [-0.2, -0.15) is 4.68 Å². The molecule has 1 aromatic heterocycles. The lowest BCUT2D eigenvalue weighted by Crippen LogP contribution is -3.14. The quantitative estimate of drug-likeness (QED) is 0.393. The van der Waals surface area contributed by atoms with Gasteiger partial charge in [-0.1, -0.05) is 41.9 Å². The number of aromatic nitrogens is 3. The van der Waals surface area contributed by atoms with Crippen LogP contribution in [0, 0.1) is 11.7 Å². The first-order valence-corrected chi connectivity index (χ1v) is 12.6. The topological polar surface area (TPSA) is 39.7 Å². The molecular formula is C27H29ClN5OS+. The highest BCUT2D eigenvalue weighted by Gasteiger charge is 2.24. The highest BCUT2D eigenvalue weighted by molar-refractivity contribution is 7.71. The highest BCUT2D eigenvalue weighted by Crippen LogP contribution is 2.28. The van der Waals surface area contributed by atoms with Crippen molar-refractivity contribution in [3.8, 4) is 22.8 Å². The third kappa shape index (κ3) is 4.85. The molecule has 0 atom stereocenters. The van der Waals surface area contributed by atoms with Crippen LogP contribution in [0.15, 0.2) is 72.8 Å². The van der Waals surface area contributed by atoms with Crippen molar-refractivity contribution in [1.29, 1.82) is 0 Å². The standard InChI is InChI=1S/C27H28ClN5OS/c1-20-7-3-4-8-23(20)33-26(21-11-13-22(28)14-12-21)29-32(27(33)35)19-30-15-17-31(18-16-30)24-9-5-6-10-25(24)34-2/h3-14H,15-19H2,1-2H3/p+1. The van der Waals surface area contributed by atoms with E-state index in [1.54, 1.807) is 7.11 Å². The summed E-state index contributed by atoms with van der Waals surface area (Å²) in [4.78, 5) is 3.84. The second-order valence-electron chi connectivity index (χ2n) is 8.80. The molecule has 3 aromatic carbocycles. The molecular weight excluding hydrogens is 478 g/mol. The zero-order valence-electron chi connectivity index (χ0n) is 19.9. The van der Waals surface area contributed by atoms with Crippen molar-refractivity contribution in [2.45, 2.75) is 13.6 Å². The van der Waals surface area contributed by atoms with Gasteiger partial charge < -0.3 is 14.5 Å². The van der Waals surface area contributed by atoms with Gasteiger partial charge in [0, 0.05) is 10.6 Å². The molecule has 5 rings (SSSR count). The van der Waals surface area contributed by atoms with E-state index in [2.05, 4.69) is 40.7 Å². The van der Waals surface area contributed by atoms with Gasteiger partial charge in [-0.05, 0) is 67.2 Å². The van der Waals surface area contributed by atoms with Gasteiger partial charge in [-0.25, -0.2) is 0 Å². The number of hydrogen-bond acceptors (Lipinski definition) is 4. The van der Waals surface area contributed by atoms with E-state index < -0.39 is 0 Å². The number of methoxy groups -OCH3 is 1. The average molecular weight is 507 g/mol. The van der Waals surface area contributed by atoms with Gasteiger partial charge in [-0.3, -0.25) is 4.57 Å². The van der Waals surface area contributed by atoms with Gasteiger partial charge in [0.05, 0.1) is 44.7 Å². The number of nitrogens with zero attached hydrogens (tertiary/aromatic N) is 4. The van der Waals surface area contributed by atoms with E-state index in [-0.39, 0.29) is 0 Å². The Labute approximate surface area is 215 Å². The fourth-order valence-electron chi connectivity index (χ4n) is 4.65. The third-order valence-electron chi connectivity index (χ3n) is 6.57. The molecule has 4 aromatic rings. The van der Waals surface area contributed by atoms with E-state index in [1.165, 1.54) is 4.90 Å². The van der Waals surface area contributed by atoms with Crippen molar-refractivity contribution in [3.05, 3.63) is 88.2 Å². The van der Waals surface area contributed by atoms with E-state index in [9.17, 15) is 0 Å². The number of rotatable bonds is 6. The van der Waals surface area contributed by atoms with Crippen molar-refractivity contribution < 1.29 is 9.64 Å². The van der Waals surface area contributed by atoms with E-state index in [1.807, 2.05) is 53.2 Å². The zero-order valence-corrected chi connectivity index (χ0v) is 21.5. The Bertz CT molecular complexity index is 1370. The van der Waals surface area contributed by atoms with Crippen LogP contribution in [0.5, 0.6) is 5.75 Å². The number of aryl methyl sites for hydroxylation is 1. The Kier molecular flexibility index (Phi) is 6.90. The number of piperazine rings is 1. The van der Waals surface area contributed by atoms with Crippen LogP contribution in [-0.4, -0.2) is 47.6 Å². The molecule has 1 N–H and O–H groups in total. The van der Waals surface area contributed by atoms with Crippen LogP contribution >= 0.6 is 23.8 Å². The number of para-hydroxylation sites is 3. The smallest absolute Gasteiger partial charge is 0.207 e. The van der Waals surface area contributed by atoms with Crippen molar-refractivity contribution in [2.75, 3.05) is 38.2 Å². The van der Waals surface area contributed by atoms with E-state index >= 15 is 0 Å². The molecule has 8 heteroatoms. The predicted octanol–water partition coefficient (Wildman–Crippen LogP) is 4.40. The first-order chi connectivity index (χ1) is 17.0. The second-order valence-corrected chi connectivity index (χ2v) is 9.60. The summed E-state index contributed by atoms with van der Waals surface area (Å²) >= 11 is 12.1. The molecule has 6 nitrogen and oxygen atoms in total. The summed E-state index contributed by atoms with van der Waals surface area (Å²) in [6.07, 6.45) is 0. The maximum atomic E-state index is 6.15. The summed E-state index contributed by atoms with van der Waals surface area (Å²) in [6, 6.07) is 24.3. The van der Waals surface area contributed by atoms with Crippen LogP contribution in [0.4, 0.5) is 5.69 Å². The minimum absolute atomic E-state index is 0.698. The summed E-state index contributed by atoms with van der Waals surface area (Å²) < 4.78 is 10.3. The lowest BCUT2D eigenvalue weighted by atomic mass is 10.1. The molecule has 180 valence electrons. The van der Waals surface area contributed by atoms with Crippen LogP contribution in [0.3, 0.4) is 0 Å². The van der Waals surface area contributed by atoms with Crippen LogP contribution in [-0.2, 0) is 6.67 Å². The van der Waals surface area contributed by atoms with Gasteiger partial charge in [-0.15, -0.1) is 5.10 Å². The number of ether oxygens (including phenoxy) is 1. The maximum absolute atomic E-state index is 6.15. The lowest BCUT2D eigenvalue weighted by Gasteiger charge is -2.34. The first kappa shape index (κ1) is 23.6. The zero-order chi connectivity index (χ0) is 24.4. The summed E-state index contributed by atoms with van der Waals surface area (Å²) in [7, 11) is 1.73. The number of benzene rings is 3. The van der Waals surface area contributed by atoms with Crippen molar-refractivity contribution in [3.63, 3.8) is 0 Å². The van der Waals surface area contributed by atoms with Gasteiger partial charge in [0.1, 0.15) is 5.75 Å². The van der Waals surface area contributed by atoms with Crippen molar-refractivity contribution in [2.24, 2.45) is 0 Å². The molecule has 35 heavy (non-hydrogen) atoms. The molecule has 0 radical (unpaired) electrons. The molecule has 0 unspecified atom stereocenters. The molecule has 0 saturated carbocycles. The Hall–Kier alpha value is -3.13. The van der Waals surface area contributed by atoms with Crippen LogP contribution in [0.1, 0.15) is 5.56 Å². The summed E-state index contributed by atoms with van der Waals surface area (Å²) in [5.41, 5.74) is 4.33. The molecule has 0 amide bonds. The van der Waals surface area contributed by atoms with Crippen LogP contribution < -0.4 is 14.5 Å². The van der Waals surface area contributed by atoms with Gasteiger partial charge in [0.2, 0.25) is 4.77 Å². The Morgan fingerprint density at radius 2 is 1.60 bits per heavy atom.